The van der Waals surface area contributed by atoms with E-state index in [0.717, 1.165) is 0 Å². The smallest absolute Gasteiger partial charge is 0.178 e. The summed E-state index contributed by atoms with van der Waals surface area (Å²) in [5.74, 6) is -0.364. The molecule has 1 aliphatic carbocycles. The second-order valence-corrected chi connectivity index (χ2v) is 6.76. The molecule has 2 aromatic rings. The molecule has 1 fully saturated rings. The van der Waals surface area contributed by atoms with E-state index >= 15 is 0 Å². The standard InChI is InChI=1S/C13H13BrCl2N2O3/c14-13-17-8-2-6(15)7(16)3-9(8)18(13)10-1-5(4-19)11(20)12(10)21/h2-3,5,10-12,19-21H,1,4H2/t5-,10-,11+,12-/m1/s1. The van der Waals surface area contributed by atoms with Gasteiger partial charge in [-0.15, -0.1) is 0 Å². The average molecular weight is 396 g/mol. The van der Waals surface area contributed by atoms with Crippen molar-refractivity contribution in [3.8, 4) is 0 Å². The van der Waals surface area contributed by atoms with Crippen molar-refractivity contribution in [2.24, 2.45) is 5.92 Å². The van der Waals surface area contributed by atoms with Crippen LogP contribution in [0.5, 0.6) is 0 Å². The lowest BCUT2D eigenvalue weighted by molar-refractivity contribution is -0.00386. The second kappa shape index (κ2) is 5.68. The Bertz CT molecular complexity index is 694. The van der Waals surface area contributed by atoms with Crippen molar-refractivity contribution in [1.82, 2.24) is 9.55 Å². The number of hydrogen-bond donors (Lipinski definition) is 3. The van der Waals surface area contributed by atoms with Gasteiger partial charge in [-0.3, -0.25) is 0 Å². The van der Waals surface area contributed by atoms with Crippen LogP contribution in [0.25, 0.3) is 11.0 Å². The third kappa shape index (κ3) is 2.48. The summed E-state index contributed by atoms with van der Waals surface area (Å²) >= 11 is 15.4. The van der Waals surface area contributed by atoms with Gasteiger partial charge in [-0.25, -0.2) is 4.98 Å². The monoisotopic (exact) mass is 394 g/mol. The van der Waals surface area contributed by atoms with Crippen LogP contribution in [-0.2, 0) is 0 Å². The first-order valence-electron chi connectivity index (χ1n) is 6.43. The number of aliphatic hydroxyl groups excluding tert-OH is 3. The van der Waals surface area contributed by atoms with Crippen LogP contribution >= 0.6 is 39.1 Å². The number of imidazole rings is 1. The molecule has 1 aliphatic rings. The molecule has 0 radical (unpaired) electrons. The van der Waals surface area contributed by atoms with Crippen molar-refractivity contribution in [3.63, 3.8) is 0 Å². The van der Waals surface area contributed by atoms with Crippen molar-refractivity contribution in [2.75, 3.05) is 6.61 Å². The van der Waals surface area contributed by atoms with Crippen molar-refractivity contribution in [1.29, 1.82) is 0 Å². The van der Waals surface area contributed by atoms with Crippen LogP contribution in [0.15, 0.2) is 16.9 Å². The van der Waals surface area contributed by atoms with E-state index in [2.05, 4.69) is 20.9 Å². The Labute approximate surface area is 139 Å². The van der Waals surface area contributed by atoms with Crippen molar-refractivity contribution < 1.29 is 15.3 Å². The fourth-order valence-electron chi connectivity index (χ4n) is 2.91. The summed E-state index contributed by atoms with van der Waals surface area (Å²) in [5.41, 5.74) is 1.36. The lowest BCUT2D eigenvalue weighted by Gasteiger charge is -2.19. The van der Waals surface area contributed by atoms with Crippen LogP contribution in [0.2, 0.25) is 10.0 Å². The third-order valence-electron chi connectivity index (χ3n) is 4.03. The summed E-state index contributed by atoms with van der Waals surface area (Å²) in [5, 5.41) is 30.3. The van der Waals surface area contributed by atoms with E-state index < -0.39 is 18.2 Å². The van der Waals surface area contributed by atoms with E-state index in [0.29, 0.717) is 32.2 Å². The number of rotatable bonds is 2. The van der Waals surface area contributed by atoms with Gasteiger partial charge < -0.3 is 19.9 Å². The zero-order valence-electron chi connectivity index (χ0n) is 10.7. The van der Waals surface area contributed by atoms with Gasteiger partial charge in [0.1, 0.15) is 6.10 Å². The van der Waals surface area contributed by atoms with Gasteiger partial charge in [-0.05, 0) is 34.5 Å². The topological polar surface area (TPSA) is 78.5 Å². The molecule has 4 atom stereocenters. The molecule has 0 amide bonds. The molecule has 1 aromatic carbocycles. The Morgan fingerprint density at radius 2 is 1.90 bits per heavy atom. The van der Waals surface area contributed by atoms with Crippen LogP contribution in [-0.4, -0.2) is 43.7 Å². The summed E-state index contributed by atoms with van der Waals surface area (Å²) < 4.78 is 2.30. The summed E-state index contributed by atoms with van der Waals surface area (Å²) in [4.78, 5) is 4.35. The Morgan fingerprint density at radius 1 is 1.24 bits per heavy atom. The van der Waals surface area contributed by atoms with Crippen LogP contribution in [0.4, 0.5) is 0 Å². The van der Waals surface area contributed by atoms with Gasteiger partial charge in [0.15, 0.2) is 4.73 Å². The molecule has 5 nitrogen and oxygen atoms in total. The first-order chi connectivity index (χ1) is 9.93. The minimum Gasteiger partial charge on any atom is -0.396 e. The minimum absolute atomic E-state index is 0.175. The largest absolute Gasteiger partial charge is 0.396 e. The van der Waals surface area contributed by atoms with Crippen molar-refractivity contribution in [3.05, 3.63) is 26.9 Å². The lowest BCUT2D eigenvalue weighted by atomic mass is 10.1. The van der Waals surface area contributed by atoms with Gasteiger partial charge in [0.2, 0.25) is 0 Å². The van der Waals surface area contributed by atoms with E-state index in [1.807, 2.05) is 0 Å². The van der Waals surface area contributed by atoms with E-state index in [4.69, 9.17) is 23.2 Å². The molecule has 0 bridgehead atoms. The molecule has 114 valence electrons. The molecule has 0 saturated heterocycles. The molecule has 3 N–H and O–H groups in total. The van der Waals surface area contributed by atoms with Gasteiger partial charge in [0.25, 0.3) is 0 Å². The maximum Gasteiger partial charge on any atom is 0.178 e. The summed E-state index contributed by atoms with van der Waals surface area (Å²) in [6.45, 7) is -0.175. The van der Waals surface area contributed by atoms with Crippen LogP contribution in [0, 0.1) is 5.92 Å². The zero-order valence-corrected chi connectivity index (χ0v) is 13.8. The molecule has 0 unspecified atom stereocenters. The molecule has 1 heterocycles. The fraction of sp³-hybridized carbons (Fsp3) is 0.462. The maximum atomic E-state index is 10.2. The first kappa shape index (κ1) is 15.5. The van der Waals surface area contributed by atoms with E-state index in [-0.39, 0.29) is 12.5 Å². The molecule has 8 heteroatoms. The highest BCUT2D eigenvalue weighted by Gasteiger charge is 2.43. The van der Waals surface area contributed by atoms with E-state index in [9.17, 15) is 15.3 Å². The minimum atomic E-state index is -0.981. The van der Waals surface area contributed by atoms with Gasteiger partial charge in [-0.1, -0.05) is 23.2 Å². The maximum absolute atomic E-state index is 10.2. The Morgan fingerprint density at radius 3 is 2.52 bits per heavy atom. The molecule has 21 heavy (non-hydrogen) atoms. The molecule has 0 aliphatic heterocycles. The highest BCUT2D eigenvalue weighted by molar-refractivity contribution is 9.10. The molecular formula is C13H13BrCl2N2O3. The molecule has 0 spiro atoms. The van der Waals surface area contributed by atoms with Gasteiger partial charge in [0, 0.05) is 12.5 Å². The van der Waals surface area contributed by atoms with Crippen LogP contribution < -0.4 is 0 Å². The normalized spacial score (nSPS) is 29.4. The van der Waals surface area contributed by atoms with Crippen LogP contribution in [0.1, 0.15) is 12.5 Å². The zero-order chi connectivity index (χ0) is 15.3. The number of halogens is 3. The Hall–Kier alpha value is -0.370. The highest BCUT2D eigenvalue weighted by atomic mass is 79.9. The fourth-order valence-corrected chi connectivity index (χ4v) is 3.87. The Balaban J connectivity index is 2.12. The van der Waals surface area contributed by atoms with Gasteiger partial charge in [0.05, 0.1) is 33.2 Å². The summed E-state index contributed by atoms with van der Waals surface area (Å²) in [7, 11) is 0. The number of aliphatic hydroxyl groups is 3. The van der Waals surface area contributed by atoms with E-state index in [1.54, 1.807) is 16.7 Å². The SMILES string of the molecule is OC[C@H]1C[C@@H](n2c(Br)nc3cc(Cl)c(Cl)cc32)[C@@H](O)[C@H]1O. The van der Waals surface area contributed by atoms with Gasteiger partial charge >= 0.3 is 0 Å². The number of aromatic nitrogens is 2. The van der Waals surface area contributed by atoms with E-state index in [1.165, 1.54) is 0 Å². The predicted octanol–water partition coefficient (Wildman–Crippen LogP) is 2.38. The van der Waals surface area contributed by atoms with Crippen molar-refractivity contribution in [2.45, 2.75) is 24.7 Å². The van der Waals surface area contributed by atoms with Crippen LogP contribution in [0.3, 0.4) is 0 Å². The molecule has 1 aromatic heterocycles. The molecule has 1 saturated carbocycles. The number of benzene rings is 1. The number of fused-ring (bicyclic) bond motifs is 1. The second-order valence-electron chi connectivity index (χ2n) is 5.23. The number of hydrogen-bond acceptors (Lipinski definition) is 4. The predicted molar refractivity (Wildman–Crippen MR) is 83.7 cm³/mol. The summed E-state index contributed by atoms with van der Waals surface area (Å²) in [6, 6.07) is 2.94. The van der Waals surface area contributed by atoms with Gasteiger partial charge in [-0.2, -0.15) is 0 Å². The molecular weight excluding hydrogens is 383 g/mol. The quantitative estimate of drug-likeness (QED) is 0.729. The summed E-state index contributed by atoms with van der Waals surface area (Å²) in [6.07, 6.45) is -1.50. The average Bonchev–Trinajstić information content (AvgIpc) is 2.89. The molecule has 3 rings (SSSR count). The third-order valence-corrected chi connectivity index (χ3v) is 5.31. The first-order valence-corrected chi connectivity index (χ1v) is 7.98. The Kier molecular flexibility index (Phi) is 4.20. The van der Waals surface area contributed by atoms with Crippen molar-refractivity contribution >= 4 is 50.2 Å². The highest BCUT2D eigenvalue weighted by Crippen LogP contribution is 2.40. The lowest BCUT2D eigenvalue weighted by Crippen LogP contribution is -2.30. The number of nitrogens with zero attached hydrogens (tertiary/aromatic N) is 2.